The van der Waals surface area contributed by atoms with Gasteiger partial charge in [0.05, 0.1) is 18.8 Å². The summed E-state index contributed by atoms with van der Waals surface area (Å²) < 4.78 is 10.9. The second-order valence-corrected chi connectivity index (χ2v) is 6.69. The average Bonchev–Trinajstić information content (AvgIpc) is 2.78. The molecule has 1 aliphatic carbocycles. The molecule has 3 nitrogen and oxygen atoms in total. The van der Waals surface area contributed by atoms with Gasteiger partial charge in [0.2, 0.25) is 0 Å². The van der Waals surface area contributed by atoms with Crippen LogP contribution in [-0.4, -0.2) is 30.2 Å². The van der Waals surface area contributed by atoms with Crippen LogP contribution in [-0.2, 0) is 9.47 Å². The summed E-state index contributed by atoms with van der Waals surface area (Å²) in [5, 5.41) is 10.8. The van der Waals surface area contributed by atoms with E-state index in [-0.39, 0.29) is 6.29 Å². The largest absolute Gasteiger partial charge is 0.390 e. The smallest absolute Gasteiger partial charge is 0.157 e. The lowest BCUT2D eigenvalue weighted by Crippen LogP contribution is -2.40. The molecule has 1 saturated carbocycles. The van der Waals surface area contributed by atoms with Crippen molar-refractivity contribution in [3.63, 3.8) is 0 Å². The Labute approximate surface area is 111 Å². The van der Waals surface area contributed by atoms with Gasteiger partial charge in [-0.3, -0.25) is 0 Å². The van der Waals surface area contributed by atoms with Crippen molar-refractivity contribution in [2.75, 3.05) is 13.2 Å². The molecule has 0 amide bonds. The number of hydrogen-bond acceptors (Lipinski definition) is 3. The molecule has 0 bridgehead atoms. The van der Waals surface area contributed by atoms with E-state index in [2.05, 4.69) is 20.8 Å². The molecular formula is C15H28O3. The van der Waals surface area contributed by atoms with Crippen LogP contribution in [0.15, 0.2) is 0 Å². The standard InChI is InChI=1S/C15H28O3/c1-11(2)13-8-12(3)9-15(16,10-13)5-4-14-17-6-7-18-14/h11-14,16H,4-10H2,1-3H3. The van der Waals surface area contributed by atoms with Crippen LogP contribution in [0.5, 0.6) is 0 Å². The normalized spacial score (nSPS) is 38.5. The van der Waals surface area contributed by atoms with Crippen LogP contribution in [0, 0.1) is 17.8 Å². The van der Waals surface area contributed by atoms with E-state index in [0.29, 0.717) is 31.0 Å². The fourth-order valence-corrected chi connectivity index (χ4v) is 3.58. The molecule has 1 saturated heterocycles. The monoisotopic (exact) mass is 256 g/mol. The Kier molecular flexibility index (Phi) is 4.68. The highest BCUT2D eigenvalue weighted by atomic mass is 16.7. The van der Waals surface area contributed by atoms with Crippen molar-refractivity contribution in [2.24, 2.45) is 17.8 Å². The van der Waals surface area contributed by atoms with Crippen molar-refractivity contribution in [2.45, 2.75) is 64.8 Å². The molecule has 0 aromatic carbocycles. The summed E-state index contributed by atoms with van der Waals surface area (Å²) in [5.41, 5.74) is -0.498. The van der Waals surface area contributed by atoms with E-state index in [1.54, 1.807) is 0 Å². The zero-order valence-electron chi connectivity index (χ0n) is 12.0. The number of ether oxygens (including phenoxy) is 2. The van der Waals surface area contributed by atoms with Gasteiger partial charge in [0, 0.05) is 6.42 Å². The Balaban J connectivity index is 1.87. The van der Waals surface area contributed by atoms with Crippen molar-refractivity contribution < 1.29 is 14.6 Å². The summed E-state index contributed by atoms with van der Waals surface area (Å²) in [6.07, 6.45) is 4.70. The van der Waals surface area contributed by atoms with Gasteiger partial charge in [0.25, 0.3) is 0 Å². The summed E-state index contributed by atoms with van der Waals surface area (Å²) in [4.78, 5) is 0. The summed E-state index contributed by atoms with van der Waals surface area (Å²) >= 11 is 0. The maximum absolute atomic E-state index is 10.8. The lowest BCUT2D eigenvalue weighted by Gasteiger charge is -2.42. The number of aliphatic hydroxyl groups is 1. The molecule has 1 heterocycles. The molecule has 0 radical (unpaired) electrons. The van der Waals surface area contributed by atoms with Crippen molar-refractivity contribution in [3.05, 3.63) is 0 Å². The molecule has 3 atom stereocenters. The molecule has 0 spiro atoms. The molecule has 2 aliphatic rings. The van der Waals surface area contributed by atoms with Crippen LogP contribution in [0.1, 0.15) is 52.9 Å². The first-order valence-corrected chi connectivity index (χ1v) is 7.44. The van der Waals surface area contributed by atoms with Gasteiger partial charge < -0.3 is 14.6 Å². The molecule has 18 heavy (non-hydrogen) atoms. The quantitative estimate of drug-likeness (QED) is 0.840. The van der Waals surface area contributed by atoms with Crippen molar-refractivity contribution in [1.82, 2.24) is 0 Å². The zero-order valence-corrected chi connectivity index (χ0v) is 12.0. The summed E-state index contributed by atoms with van der Waals surface area (Å²) in [6, 6.07) is 0. The molecule has 3 unspecified atom stereocenters. The Morgan fingerprint density at radius 3 is 2.50 bits per heavy atom. The Morgan fingerprint density at radius 2 is 1.89 bits per heavy atom. The van der Waals surface area contributed by atoms with Crippen LogP contribution in [0.25, 0.3) is 0 Å². The molecule has 0 aromatic rings. The molecule has 2 rings (SSSR count). The van der Waals surface area contributed by atoms with Crippen LogP contribution >= 0.6 is 0 Å². The van der Waals surface area contributed by atoms with E-state index < -0.39 is 5.60 Å². The third kappa shape index (κ3) is 3.69. The maximum Gasteiger partial charge on any atom is 0.157 e. The minimum absolute atomic E-state index is 0.0799. The molecule has 106 valence electrons. The van der Waals surface area contributed by atoms with E-state index in [1.165, 1.54) is 6.42 Å². The minimum Gasteiger partial charge on any atom is -0.390 e. The van der Waals surface area contributed by atoms with Gasteiger partial charge in [0.1, 0.15) is 0 Å². The lowest BCUT2D eigenvalue weighted by atomic mass is 9.68. The van der Waals surface area contributed by atoms with Crippen LogP contribution in [0.4, 0.5) is 0 Å². The van der Waals surface area contributed by atoms with Gasteiger partial charge in [-0.15, -0.1) is 0 Å². The van der Waals surface area contributed by atoms with Crippen LogP contribution < -0.4 is 0 Å². The molecule has 3 heteroatoms. The fourth-order valence-electron chi connectivity index (χ4n) is 3.58. The predicted octanol–water partition coefficient (Wildman–Crippen LogP) is 2.96. The third-order valence-electron chi connectivity index (χ3n) is 4.55. The molecule has 1 N–H and O–H groups in total. The van der Waals surface area contributed by atoms with Gasteiger partial charge in [-0.2, -0.15) is 0 Å². The highest BCUT2D eigenvalue weighted by Gasteiger charge is 2.39. The summed E-state index contributed by atoms with van der Waals surface area (Å²) in [5.74, 6) is 1.95. The first kappa shape index (κ1) is 14.3. The highest BCUT2D eigenvalue weighted by molar-refractivity contribution is 4.90. The SMILES string of the molecule is CC1CC(C(C)C)CC(O)(CCC2OCCO2)C1. The van der Waals surface area contributed by atoms with Gasteiger partial charge in [-0.05, 0) is 43.4 Å². The first-order chi connectivity index (χ1) is 8.48. The van der Waals surface area contributed by atoms with E-state index in [1.807, 2.05) is 0 Å². The van der Waals surface area contributed by atoms with Gasteiger partial charge >= 0.3 is 0 Å². The second kappa shape index (κ2) is 5.89. The van der Waals surface area contributed by atoms with Crippen LogP contribution in [0.2, 0.25) is 0 Å². The summed E-state index contributed by atoms with van der Waals surface area (Å²) in [7, 11) is 0. The van der Waals surface area contributed by atoms with E-state index in [9.17, 15) is 5.11 Å². The molecule has 1 aliphatic heterocycles. The Bertz CT molecular complexity index is 260. The van der Waals surface area contributed by atoms with Crippen LogP contribution in [0.3, 0.4) is 0 Å². The summed E-state index contributed by atoms with van der Waals surface area (Å²) in [6.45, 7) is 8.21. The minimum atomic E-state index is -0.498. The van der Waals surface area contributed by atoms with Crippen molar-refractivity contribution in [3.8, 4) is 0 Å². The van der Waals surface area contributed by atoms with Gasteiger partial charge in [-0.25, -0.2) is 0 Å². The van der Waals surface area contributed by atoms with Gasteiger partial charge in [-0.1, -0.05) is 20.8 Å². The first-order valence-electron chi connectivity index (χ1n) is 7.44. The van der Waals surface area contributed by atoms with E-state index in [4.69, 9.17) is 9.47 Å². The molecule has 0 aromatic heterocycles. The topological polar surface area (TPSA) is 38.7 Å². The Hall–Kier alpha value is -0.120. The number of hydrogen-bond donors (Lipinski definition) is 1. The Morgan fingerprint density at radius 1 is 1.22 bits per heavy atom. The maximum atomic E-state index is 10.8. The highest BCUT2D eigenvalue weighted by Crippen LogP contribution is 2.42. The lowest BCUT2D eigenvalue weighted by molar-refractivity contribution is -0.0894. The van der Waals surface area contributed by atoms with Crippen molar-refractivity contribution >= 4 is 0 Å². The van der Waals surface area contributed by atoms with Gasteiger partial charge in [0.15, 0.2) is 6.29 Å². The predicted molar refractivity (Wildman–Crippen MR) is 71.2 cm³/mol. The van der Waals surface area contributed by atoms with Crippen molar-refractivity contribution in [1.29, 1.82) is 0 Å². The molecular weight excluding hydrogens is 228 g/mol. The van der Waals surface area contributed by atoms with E-state index in [0.717, 1.165) is 25.7 Å². The second-order valence-electron chi connectivity index (χ2n) is 6.69. The number of rotatable bonds is 4. The molecule has 2 fully saturated rings. The fraction of sp³-hybridized carbons (Fsp3) is 1.00. The zero-order chi connectivity index (χ0) is 13.2. The van der Waals surface area contributed by atoms with E-state index >= 15 is 0 Å². The average molecular weight is 256 g/mol. The third-order valence-corrected chi connectivity index (χ3v) is 4.55.